The summed E-state index contributed by atoms with van der Waals surface area (Å²) in [6.07, 6.45) is 1.37. The molecule has 8 nitrogen and oxygen atoms in total. The van der Waals surface area contributed by atoms with Crippen LogP contribution >= 0.6 is 0 Å². The monoisotopic (exact) mass is 269 g/mol. The lowest BCUT2D eigenvalue weighted by Crippen LogP contribution is -2.49. The van der Waals surface area contributed by atoms with Gasteiger partial charge in [0.25, 0.3) is 17.2 Å². The molecule has 0 saturated carbocycles. The van der Waals surface area contributed by atoms with E-state index in [9.17, 15) is 24.8 Å². The van der Waals surface area contributed by atoms with E-state index in [2.05, 4.69) is 10.3 Å². The number of aliphatic hydroxyl groups is 1. The van der Waals surface area contributed by atoms with Gasteiger partial charge in [0.2, 0.25) is 0 Å². The second-order valence-corrected chi connectivity index (χ2v) is 4.38. The lowest BCUT2D eigenvalue weighted by molar-refractivity contribution is -0.385. The number of nitrogens with one attached hydrogen (secondary N) is 2. The molecule has 0 fully saturated rings. The van der Waals surface area contributed by atoms with Crippen LogP contribution in [0.1, 0.15) is 30.6 Å². The molecule has 104 valence electrons. The molecule has 0 saturated heterocycles. The van der Waals surface area contributed by atoms with Crippen LogP contribution in [-0.4, -0.2) is 33.1 Å². The first-order valence-corrected chi connectivity index (χ1v) is 5.63. The fourth-order valence-electron chi connectivity index (χ4n) is 1.33. The van der Waals surface area contributed by atoms with Gasteiger partial charge in [-0.05, 0) is 13.3 Å². The van der Waals surface area contributed by atoms with Crippen LogP contribution in [0.5, 0.6) is 0 Å². The minimum absolute atomic E-state index is 0.304. The van der Waals surface area contributed by atoms with Gasteiger partial charge in [-0.3, -0.25) is 19.7 Å². The van der Waals surface area contributed by atoms with E-state index in [0.717, 1.165) is 12.3 Å². The molecule has 1 atom stereocenters. The predicted octanol–water partition coefficient (Wildman–Crippen LogP) is 0.174. The molecule has 1 heterocycles. The topological polar surface area (TPSA) is 125 Å². The molecule has 0 aliphatic carbocycles. The fraction of sp³-hybridized carbons (Fsp3) is 0.455. The summed E-state index contributed by atoms with van der Waals surface area (Å²) < 4.78 is 0. The van der Waals surface area contributed by atoms with Gasteiger partial charge in [-0.15, -0.1) is 0 Å². The van der Waals surface area contributed by atoms with Crippen LogP contribution in [0.15, 0.2) is 17.1 Å². The third kappa shape index (κ3) is 3.38. The molecule has 0 aliphatic heterocycles. The average molecular weight is 269 g/mol. The number of carbonyl (C=O) groups is 1. The number of carbonyl (C=O) groups excluding carboxylic acids is 1. The number of nitrogens with zero attached hydrogens (tertiary/aromatic N) is 1. The maximum Gasteiger partial charge on any atom is 0.286 e. The van der Waals surface area contributed by atoms with Crippen LogP contribution in [0.4, 0.5) is 5.69 Å². The van der Waals surface area contributed by atoms with Crippen molar-refractivity contribution in [3.63, 3.8) is 0 Å². The molecule has 0 spiro atoms. The lowest BCUT2D eigenvalue weighted by Gasteiger charge is -2.26. The Labute approximate surface area is 108 Å². The van der Waals surface area contributed by atoms with Crippen molar-refractivity contribution < 1.29 is 14.8 Å². The molecule has 8 heteroatoms. The number of amides is 1. The van der Waals surface area contributed by atoms with Crippen molar-refractivity contribution in [2.45, 2.75) is 25.8 Å². The van der Waals surface area contributed by atoms with Crippen molar-refractivity contribution in [3.8, 4) is 0 Å². The zero-order chi connectivity index (χ0) is 14.6. The van der Waals surface area contributed by atoms with Gasteiger partial charge < -0.3 is 15.4 Å². The second-order valence-electron chi connectivity index (χ2n) is 4.38. The molecular weight excluding hydrogens is 254 g/mol. The zero-order valence-corrected chi connectivity index (χ0v) is 10.6. The molecule has 0 bridgehead atoms. The van der Waals surface area contributed by atoms with Crippen LogP contribution in [0.2, 0.25) is 0 Å². The number of aromatic nitrogens is 1. The number of rotatable bonds is 5. The Morgan fingerprint density at radius 3 is 2.74 bits per heavy atom. The van der Waals surface area contributed by atoms with Gasteiger partial charge in [-0.1, -0.05) is 6.92 Å². The van der Waals surface area contributed by atoms with Gasteiger partial charge in [0.1, 0.15) is 5.56 Å². The van der Waals surface area contributed by atoms with Gasteiger partial charge in [-0.2, -0.15) is 0 Å². The second kappa shape index (κ2) is 5.61. The highest BCUT2D eigenvalue weighted by molar-refractivity contribution is 5.94. The minimum Gasteiger partial charge on any atom is -0.394 e. The van der Waals surface area contributed by atoms with Gasteiger partial charge >= 0.3 is 0 Å². The number of hydrogen-bond donors (Lipinski definition) is 3. The first kappa shape index (κ1) is 14.8. The summed E-state index contributed by atoms with van der Waals surface area (Å²) >= 11 is 0. The number of aromatic amines is 1. The van der Waals surface area contributed by atoms with Gasteiger partial charge in [-0.25, -0.2) is 0 Å². The Balaban J connectivity index is 3.09. The summed E-state index contributed by atoms with van der Waals surface area (Å²) in [5, 5.41) is 22.3. The van der Waals surface area contributed by atoms with E-state index in [1.807, 2.05) is 0 Å². The van der Waals surface area contributed by atoms with E-state index in [4.69, 9.17) is 0 Å². The third-order valence-corrected chi connectivity index (χ3v) is 2.89. The van der Waals surface area contributed by atoms with E-state index in [-0.39, 0.29) is 17.9 Å². The molecule has 0 aromatic carbocycles. The lowest BCUT2D eigenvalue weighted by atomic mass is 10.00. The van der Waals surface area contributed by atoms with Crippen molar-refractivity contribution in [2.24, 2.45) is 0 Å². The zero-order valence-electron chi connectivity index (χ0n) is 10.6. The number of pyridine rings is 1. The fourth-order valence-corrected chi connectivity index (χ4v) is 1.33. The standard InChI is InChI=1S/C11H15N3O5/c1-3-11(2,6-15)13-10(17)8-4-7(14(18)19)5-12-9(8)16/h4-5,15H,3,6H2,1-2H3,(H,12,16)(H,13,17). The van der Waals surface area contributed by atoms with Crippen LogP contribution < -0.4 is 10.9 Å². The number of hydrogen-bond acceptors (Lipinski definition) is 5. The smallest absolute Gasteiger partial charge is 0.286 e. The highest BCUT2D eigenvalue weighted by Gasteiger charge is 2.26. The molecule has 1 unspecified atom stereocenters. The molecule has 1 amide bonds. The molecule has 3 N–H and O–H groups in total. The Hall–Kier alpha value is -2.22. The van der Waals surface area contributed by atoms with Crippen LogP contribution in [0, 0.1) is 10.1 Å². The van der Waals surface area contributed by atoms with Crippen molar-refractivity contribution >= 4 is 11.6 Å². The Morgan fingerprint density at radius 1 is 1.63 bits per heavy atom. The highest BCUT2D eigenvalue weighted by Crippen LogP contribution is 2.11. The summed E-state index contributed by atoms with van der Waals surface area (Å²) in [7, 11) is 0. The minimum atomic E-state index is -0.881. The predicted molar refractivity (Wildman–Crippen MR) is 67.0 cm³/mol. The first-order chi connectivity index (χ1) is 8.83. The molecule has 1 rings (SSSR count). The first-order valence-electron chi connectivity index (χ1n) is 5.63. The SMILES string of the molecule is CCC(C)(CO)NC(=O)c1cc([N+](=O)[O-])c[nH]c1=O. The molecule has 19 heavy (non-hydrogen) atoms. The molecule has 0 radical (unpaired) electrons. The highest BCUT2D eigenvalue weighted by atomic mass is 16.6. The number of nitro groups is 1. The van der Waals surface area contributed by atoms with E-state index in [0.29, 0.717) is 6.42 Å². The van der Waals surface area contributed by atoms with E-state index in [1.54, 1.807) is 13.8 Å². The van der Waals surface area contributed by atoms with E-state index >= 15 is 0 Å². The summed E-state index contributed by atoms with van der Waals surface area (Å²) in [6, 6.07) is 0.904. The van der Waals surface area contributed by atoms with Crippen LogP contribution in [0.3, 0.4) is 0 Å². The molecular formula is C11H15N3O5. The van der Waals surface area contributed by atoms with E-state index < -0.39 is 21.9 Å². The quantitative estimate of drug-likeness (QED) is 0.519. The van der Waals surface area contributed by atoms with Crippen LogP contribution in [0.25, 0.3) is 0 Å². The number of H-pyrrole nitrogens is 1. The van der Waals surface area contributed by atoms with Crippen LogP contribution in [-0.2, 0) is 0 Å². The van der Waals surface area contributed by atoms with Crippen molar-refractivity contribution in [1.82, 2.24) is 10.3 Å². The maximum atomic E-state index is 11.9. The summed E-state index contributed by atoms with van der Waals surface area (Å²) in [5.41, 5.74) is -2.34. The normalized spacial score (nSPS) is 13.6. The van der Waals surface area contributed by atoms with Gasteiger partial charge in [0.15, 0.2) is 0 Å². The van der Waals surface area contributed by atoms with Gasteiger partial charge in [0, 0.05) is 6.07 Å². The average Bonchev–Trinajstić information content (AvgIpc) is 2.38. The van der Waals surface area contributed by atoms with Crippen molar-refractivity contribution in [2.75, 3.05) is 6.61 Å². The third-order valence-electron chi connectivity index (χ3n) is 2.89. The molecule has 0 aliphatic rings. The summed E-state index contributed by atoms with van der Waals surface area (Å²) in [6.45, 7) is 3.06. The maximum absolute atomic E-state index is 11.9. The summed E-state index contributed by atoms with van der Waals surface area (Å²) in [4.78, 5) is 35.4. The largest absolute Gasteiger partial charge is 0.394 e. The van der Waals surface area contributed by atoms with Gasteiger partial charge in [0.05, 0.1) is 23.3 Å². The molecule has 1 aromatic heterocycles. The van der Waals surface area contributed by atoms with E-state index in [1.165, 1.54) is 0 Å². The Morgan fingerprint density at radius 2 is 2.26 bits per heavy atom. The summed E-state index contributed by atoms with van der Waals surface area (Å²) in [5.74, 6) is -0.761. The number of aliphatic hydroxyl groups excluding tert-OH is 1. The molecule has 1 aromatic rings. The van der Waals surface area contributed by atoms with Crippen molar-refractivity contribution in [3.05, 3.63) is 38.3 Å². The Kier molecular flexibility index (Phi) is 4.38. The van der Waals surface area contributed by atoms with Crippen molar-refractivity contribution in [1.29, 1.82) is 0 Å². The Bertz CT molecular complexity index is 548.